The fourth-order valence-corrected chi connectivity index (χ4v) is 7.73. The van der Waals surface area contributed by atoms with Crippen LogP contribution in [0.15, 0.2) is 35.7 Å². The van der Waals surface area contributed by atoms with Gasteiger partial charge in [0.05, 0.1) is 6.04 Å². The maximum Gasteiger partial charge on any atom is 0.320 e. The predicted molar refractivity (Wildman–Crippen MR) is 117 cm³/mol. The van der Waals surface area contributed by atoms with E-state index in [2.05, 4.69) is 15.1 Å². The van der Waals surface area contributed by atoms with Gasteiger partial charge < -0.3 is 9.80 Å². The maximum atomic E-state index is 12.9. The zero-order valence-corrected chi connectivity index (χ0v) is 19.2. The van der Waals surface area contributed by atoms with E-state index >= 15 is 0 Å². The third-order valence-electron chi connectivity index (χ3n) is 8.12. The molecular formula is C22H27N7O3S. The summed E-state index contributed by atoms with van der Waals surface area (Å²) in [6, 6.07) is 3.72. The monoisotopic (exact) mass is 469 g/mol. The molecule has 2 aliphatic carbocycles. The number of nitrogens with zero attached hydrogens (tertiary/aromatic N) is 7. The van der Waals surface area contributed by atoms with Crippen LogP contribution in [-0.4, -0.2) is 87.6 Å². The van der Waals surface area contributed by atoms with Crippen molar-refractivity contribution in [3.05, 3.63) is 36.7 Å². The first kappa shape index (κ1) is 19.9. The summed E-state index contributed by atoms with van der Waals surface area (Å²) >= 11 is 0. The second-order valence-corrected chi connectivity index (χ2v) is 12.8. The van der Waals surface area contributed by atoms with Gasteiger partial charge >= 0.3 is 6.03 Å². The number of hydrogen-bond acceptors (Lipinski definition) is 6. The minimum Gasteiger partial charge on any atom is -0.323 e. The molecule has 33 heavy (non-hydrogen) atoms. The van der Waals surface area contributed by atoms with Gasteiger partial charge in [-0.3, -0.25) is 4.98 Å². The van der Waals surface area contributed by atoms with E-state index in [-0.39, 0.29) is 21.8 Å². The van der Waals surface area contributed by atoms with Crippen molar-refractivity contribution in [3.8, 4) is 0 Å². The Morgan fingerprint density at radius 2 is 1.70 bits per heavy atom. The zero-order valence-electron chi connectivity index (χ0n) is 18.4. The minimum absolute atomic E-state index is 0.0819. The van der Waals surface area contributed by atoms with Crippen molar-refractivity contribution in [2.24, 2.45) is 10.8 Å². The second kappa shape index (κ2) is 6.53. The highest BCUT2D eigenvalue weighted by molar-refractivity contribution is 7.89. The zero-order chi connectivity index (χ0) is 22.4. The molecule has 0 radical (unpaired) electrons. The van der Waals surface area contributed by atoms with Gasteiger partial charge in [-0.2, -0.15) is 9.40 Å². The van der Waals surface area contributed by atoms with Gasteiger partial charge in [0.25, 0.3) is 0 Å². The number of carbonyl (C=O) groups excluding carboxylic acids is 1. The number of hydrogen-bond donors (Lipinski definition) is 0. The molecule has 7 rings (SSSR count). The Morgan fingerprint density at radius 3 is 2.33 bits per heavy atom. The van der Waals surface area contributed by atoms with E-state index in [0.717, 1.165) is 31.8 Å². The highest BCUT2D eigenvalue weighted by Crippen LogP contribution is 2.54. The molecule has 5 heterocycles. The summed E-state index contributed by atoms with van der Waals surface area (Å²) in [5.41, 5.74) is 0.168. The summed E-state index contributed by atoms with van der Waals surface area (Å²) in [4.78, 5) is 25.3. The third kappa shape index (κ3) is 3.04. The van der Waals surface area contributed by atoms with Gasteiger partial charge in [0.15, 0.2) is 5.82 Å². The Hall–Kier alpha value is -2.53. The van der Waals surface area contributed by atoms with E-state index in [1.807, 2.05) is 20.8 Å². The van der Waals surface area contributed by atoms with Crippen LogP contribution in [0.2, 0.25) is 0 Å². The smallest absolute Gasteiger partial charge is 0.320 e. The Morgan fingerprint density at radius 1 is 1.00 bits per heavy atom. The van der Waals surface area contributed by atoms with E-state index in [1.54, 1.807) is 18.3 Å². The Balaban J connectivity index is 0.885. The van der Waals surface area contributed by atoms with Crippen LogP contribution in [0, 0.1) is 10.8 Å². The van der Waals surface area contributed by atoms with Crippen LogP contribution in [0.1, 0.15) is 43.5 Å². The SMILES string of the molecule is O=C(N1CC2(CC(n3cnc(C4CC4)n3)C2)C1)N1CC2(C1)CN(S(=O)(=O)c1cccnc1)C2. The number of pyridine rings is 1. The molecule has 11 heteroatoms. The van der Waals surface area contributed by atoms with Crippen molar-refractivity contribution in [2.45, 2.75) is 42.5 Å². The Labute approximate surface area is 192 Å². The quantitative estimate of drug-likeness (QED) is 0.669. The number of amides is 2. The fraction of sp³-hybridized carbons (Fsp3) is 0.636. The van der Waals surface area contributed by atoms with E-state index in [0.29, 0.717) is 38.1 Å². The van der Waals surface area contributed by atoms with Gasteiger partial charge in [0.2, 0.25) is 10.0 Å². The molecule has 5 fully saturated rings. The number of urea groups is 1. The molecule has 2 spiro atoms. The molecule has 0 aromatic carbocycles. The van der Waals surface area contributed by atoms with Crippen molar-refractivity contribution in [1.82, 2.24) is 33.9 Å². The average Bonchev–Trinajstić information content (AvgIpc) is 3.42. The lowest BCUT2D eigenvalue weighted by atomic mass is 9.60. The molecular weight excluding hydrogens is 442 g/mol. The molecule has 0 bridgehead atoms. The summed E-state index contributed by atoms with van der Waals surface area (Å²) in [5.74, 6) is 1.57. The summed E-state index contributed by atoms with van der Waals surface area (Å²) in [5, 5.41) is 4.66. The maximum absolute atomic E-state index is 12.9. The summed E-state index contributed by atoms with van der Waals surface area (Å²) < 4.78 is 28.9. The van der Waals surface area contributed by atoms with E-state index in [4.69, 9.17) is 0 Å². The molecule has 10 nitrogen and oxygen atoms in total. The molecule has 174 valence electrons. The highest BCUT2D eigenvalue weighted by atomic mass is 32.2. The van der Waals surface area contributed by atoms with Crippen molar-refractivity contribution < 1.29 is 13.2 Å². The van der Waals surface area contributed by atoms with Crippen LogP contribution in [0.25, 0.3) is 0 Å². The van der Waals surface area contributed by atoms with Gasteiger partial charge in [-0.1, -0.05) is 0 Å². The van der Waals surface area contributed by atoms with Crippen molar-refractivity contribution in [2.75, 3.05) is 39.3 Å². The van der Waals surface area contributed by atoms with Gasteiger partial charge in [0.1, 0.15) is 11.2 Å². The molecule has 5 aliphatic rings. The van der Waals surface area contributed by atoms with Crippen molar-refractivity contribution in [3.63, 3.8) is 0 Å². The van der Waals surface area contributed by atoms with Crippen molar-refractivity contribution in [1.29, 1.82) is 0 Å². The summed E-state index contributed by atoms with van der Waals surface area (Å²) in [6.07, 6.45) is 9.39. The average molecular weight is 470 g/mol. The van der Waals surface area contributed by atoms with Crippen LogP contribution in [-0.2, 0) is 10.0 Å². The lowest BCUT2D eigenvalue weighted by molar-refractivity contribution is -0.101. The number of sulfonamides is 1. The van der Waals surface area contributed by atoms with Crippen molar-refractivity contribution >= 4 is 16.1 Å². The lowest BCUT2D eigenvalue weighted by Gasteiger charge is -2.63. The first-order valence-corrected chi connectivity index (χ1v) is 13.1. The third-order valence-corrected chi connectivity index (χ3v) is 9.90. The molecule has 0 atom stereocenters. The summed E-state index contributed by atoms with van der Waals surface area (Å²) in [7, 11) is -3.49. The largest absolute Gasteiger partial charge is 0.323 e. The Bertz CT molecular complexity index is 1200. The van der Waals surface area contributed by atoms with Crippen LogP contribution >= 0.6 is 0 Å². The number of rotatable bonds is 4. The molecule has 3 aliphatic heterocycles. The van der Waals surface area contributed by atoms with Gasteiger partial charge in [-0.25, -0.2) is 22.9 Å². The predicted octanol–water partition coefficient (Wildman–Crippen LogP) is 1.31. The van der Waals surface area contributed by atoms with Gasteiger partial charge in [0, 0.05) is 68.4 Å². The molecule has 3 saturated heterocycles. The van der Waals surface area contributed by atoms with E-state index < -0.39 is 10.0 Å². The van der Waals surface area contributed by atoms with E-state index in [1.165, 1.54) is 23.3 Å². The number of carbonyl (C=O) groups is 1. The van der Waals surface area contributed by atoms with Gasteiger partial charge in [-0.15, -0.1) is 0 Å². The minimum atomic E-state index is -3.49. The molecule has 0 unspecified atom stereocenters. The fourth-order valence-electron chi connectivity index (χ4n) is 6.10. The van der Waals surface area contributed by atoms with Crippen LogP contribution in [0.4, 0.5) is 4.79 Å². The van der Waals surface area contributed by atoms with Crippen LogP contribution < -0.4 is 0 Å². The topological polar surface area (TPSA) is 105 Å². The Kier molecular flexibility index (Phi) is 3.94. The van der Waals surface area contributed by atoms with E-state index in [9.17, 15) is 13.2 Å². The lowest BCUT2D eigenvalue weighted by Crippen LogP contribution is -2.76. The summed E-state index contributed by atoms with van der Waals surface area (Å²) in [6.45, 7) is 3.86. The molecule has 2 amide bonds. The molecule has 2 aromatic rings. The first-order chi connectivity index (χ1) is 15.8. The van der Waals surface area contributed by atoms with Crippen LogP contribution in [0.3, 0.4) is 0 Å². The van der Waals surface area contributed by atoms with Crippen LogP contribution in [0.5, 0.6) is 0 Å². The van der Waals surface area contributed by atoms with Gasteiger partial charge in [-0.05, 0) is 37.8 Å². The normalized spacial score (nSPS) is 25.9. The second-order valence-electron chi connectivity index (χ2n) is 10.9. The number of likely N-dealkylation sites (tertiary alicyclic amines) is 2. The highest BCUT2D eigenvalue weighted by Gasteiger charge is 2.60. The first-order valence-electron chi connectivity index (χ1n) is 11.7. The molecule has 2 saturated carbocycles. The molecule has 0 N–H and O–H groups in total. The standard InChI is InChI=1S/C22H27N7O3S/c30-20(26-9-21(10-26)6-17(7-21)29-15-24-19(25-29)16-3-4-16)27-11-22(12-27)13-28(14-22)33(31,32)18-2-1-5-23-8-18/h1-2,5,8,15-17H,3-4,6-7,9-14H2. The molecule has 2 aromatic heterocycles. The number of aromatic nitrogens is 4.